The predicted molar refractivity (Wildman–Crippen MR) is 58.4 cm³/mol. The van der Waals surface area contributed by atoms with Gasteiger partial charge in [-0.3, -0.25) is 0 Å². The van der Waals surface area contributed by atoms with Crippen molar-refractivity contribution >= 4 is 12.4 Å². The van der Waals surface area contributed by atoms with E-state index in [2.05, 4.69) is 10.3 Å². The van der Waals surface area contributed by atoms with Gasteiger partial charge >= 0.3 is 6.18 Å². The third-order valence-corrected chi connectivity index (χ3v) is 2.37. The van der Waals surface area contributed by atoms with Crippen LogP contribution < -0.4 is 10.1 Å². The lowest BCUT2D eigenvalue weighted by Gasteiger charge is -2.12. The molecule has 1 saturated heterocycles. The average Bonchev–Trinajstić information content (AvgIpc) is 2.70. The summed E-state index contributed by atoms with van der Waals surface area (Å²) < 4.78 is 42.1. The zero-order valence-corrected chi connectivity index (χ0v) is 9.64. The Bertz CT molecular complexity index is 350. The Morgan fingerprint density at radius 3 is 2.59 bits per heavy atom. The second-order valence-electron chi connectivity index (χ2n) is 3.62. The van der Waals surface area contributed by atoms with Crippen LogP contribution in [0.1, 0.15) is 12.0 Å². The standard InChI is InChI=1S/C10H11F3N2O.ClH/c11-10(12,13)7-1-2-9(15-5-7)16-8-3-4-14-6-8;/h1-2,5,8,14H,3-4,6H2;1H/t8-;/m1./s1. The van der Waals surface area contributed by atoms with Crippen LogP contribution in [0.3, 0.4) is 0 Å². The normalized spacial score (nSPS) is 19.8. The van der Waals surface area contributed by atoms with Crippen LogP contribution in [0.2, 0.25) is 0 Å². The number of hydrogen-bond donors (Lipinski definition) is 1. The SMILES string of the molecule is Cl.FC(F)(F)c1ccc(O[C@@H]2CCNC2)nc1. The van der Waals surface area contributed by atoms with E-state index in [0.717, 1.165) is 25.2 Å². The fourth-order valence-electron chi connectivity index (χ4n) is 1.52. The maximum atomic E-state index is 12.2. The molecular formula is C10H12ClF3N2O. The topological polar surface area (TPSA) is 34.1 Å². The molecule has 0 amide bonds. The van der Waals surface area contributed by atoms with Crippen molar-refractivity contribution in [3.8, 4) is 5.88 Å². The highest BCUT2D eigenvalue weighted by atomic mass is 35.5. The highest BCUT2D eigenvalue weighted by molar-refractivity contribution is 5.85. The Kier molecular flexibility index (Phi) is 4.59. The molecule has 1 aromatic heterocycles. The lowest BCUT2D eigenvalue weighted by molar-refractivity contribution is -0.137. The molecule has 96 valence electrons. The van der Waals surface area contributed by atoms with Gasteiger partial charge in [-0.2, -0.15) is 13.2 Å². The zero-order valence-electron chi connectivity index (χ0n) is 8.83. The van der Waals surface area contributed by atoms with Gasteiger partial charge in [0.2, 0.25) is 5.88 Å². The van der Waals surface area contributed by atoms with Crippen molar-refractivity contribution in [3.63, 3.8) is 0 Å². The summed E-state index contributed by atoms with van der Waals surface area (Å²) in [4.78, 5) is 3.64. The van der Waals surface area contributed by atoms with E-state index >= 15 is 0 Å². The van der Waals surface area contributed by atoms with Crippen LogP contribution in [0.25, 0.3) is 0 Å². The maximum absolute atomic E-state index is 12.2. The smallest absolute Gasteiger partial charge is 0.417 e. The number of pyridine rings is 1. The molecule has 3 nitrogen and oxygen atoms in total. The van der Waals surface area contributed by atoms with E-state index in [9.17, 15) is 13.2 Å². The molecule has 1 fully saturated rings. The Balaban J connectivity index is 0.00000144. The average molecular weight is 269 g/mol. The monoisotopic (exact) mass is 268 g/mol. The van der Waals surface area contributed by atoms with Crippen molar-refractivity contribution in [2.24, 2.45) is 0 Å². The number of nitrogens with zero attached hydrogens (tertiary/aromatic N) is 1. The number of halogens is 4. The van der Waals surface area contributed by atoms with Gasteiger partial charge in [0.1, 0.15) is 6.10 Å². The van der Waals surface area contributed by atoms with Gasteiger partial charge in [0.05, 0.1) is 5.56 Å². The van der Waals surface area contributed by atoms with E-state index in [1.54, 1.807) is 0 Å². The molecule has 0 unspecified atom stereocenters. The van der Waals surface area contributed by atoms with Gasteiger partial charge in [0.25, 0.3) is 0 Å². The van der Waals surface area contributed by atoms with Gasteiger partial charge in [-0.05, 0) is 19.0 Å². The van der Waals surface area contributed by atoms with Gasteiger partial charge in [-0.1, -0.05) is 0 Å². The van der Waals surface area contributed by atoms with E-state index < -0.39 is 11.7 Å². The Morgan fingerprint density at radius 1 is 1.35 bits per heavy atom. The number of hydrogen-bond acceptors (Lipinski definition) is 3. The minimum atomic E-state index is -4.35. The first-order valence-corrected chi connectivity index (χ1v) is 4.96. The fraction of sp³-hybridized carbons (Fsp3) is 0.500. The predicted octanol–water partition coefficient (Wildman–Crippen LogP) is 2.26. The van der Waals surface area contributed by atoms with Crippen molar-refractivity contribution < 1.29 is 17.9 Å². The van der Waals surface area contributed by atoms with Crippen LogP contribution in [-0.2, 0) is 6.18 Å². The Morgan fingerprint density at radius 2 is 2.12 bits per heavy atom. The molecule has 7 heteroatoms. The minimum Gasteiger partial charge on any atom is -0.473 e. The highest BCUT2D eigenvalue weighted by Gasteiger charge is 2.30. The van der Waals surface area contributed by atoms with Gasteiger partial charge < -0.3 is 10.1 Å². The molecule has 0 spiro atoms. The molecule has 0 aromatic carbocycles. The molecule has 0 radical (unpaired) electrons. The summed E-state index contributed by atoms with van der Waals surface area (Å²) in [6.45, 7) is 1.58. The molecule has 2 rings (SSSR count). The zero-order chi connectivity index (χ0) is 11.6. The van der Waals surface area contributed by atoms with Crippen LogP contribution in [0, 0.1) is 0 Å². The summed E-state index contributed by atoms with van der Waals surface area (Å²) in [6.07, 6.45) is -2.70. The second-order valence-corrected chi connectivity index (χ2v) is 3.62. The van der Waals surface area contributed by atoms with Gasteiger partial charge in [-0.25, -0.2) is 4.98 Å². The van der Waals surface area contributed by atoms with Crippen molar-refractivity contribution in [1.29, 1.82) is 0 Å². The Labute approximate surface area is 103 Å². The lowest BCUT2D eigenvalue weighted by atomic mass is 10.3. The number of rotatable bonds is 2. The number of ether oxygens (including phenoxy) is 1. The first kappa shape index (κ1) is 14.1. The molecule has 1 aromatic rings. The van der Waals surface area contributed by atoms with E-state index in [4.69, 9.17) is 4.74 Å². The van der Waals surface area contributed by atoms with Crippen LogP contribution in [-0.4, -0.2) is 24.2 Å². The van der Waals surface area contributed by atoms with Crippen molar-refractivity contribution in [3.05, 3.63) is 23.9 Å². The summed E-state index contributed by atoms with van der Waals surface area (Å²) in [6, 6.07) is 2.23. The van der Waals surface area contributed by atoms with Crippen LogP contribution in [0.15, 0.2) is 18.3 Å². The molecule has 1 aliphatic rings. The van der Waals surface area contributed by atoms with Crippen molar-refractivity contribution in [1.82, 2.24) is 10.3 Å². The van der Waals surface area contributed by atoms with Crippen LogP contribution in [0.4, 0.5) is 13.2 Å². The molecule has 1 aliphatic heterocycles. The van der Waals surface area contributed by atoms with E-state index in [-0.39, 0.29) is 24.4 Å². The lowest BCUT2D eigenvalue weighted by Crippen LogP contribution is -2.20. The number of alkyl halides is 3. The van der Waals surface area contributed by atoms with Crippen molar-refractivity contribution in [2.75, 3.05) is 13.1 Å². The Hall–Kier alpha value is -1.01. The number of aromatic nitrogens is 1. The molecule has 1 N–H and O–H groups in total. The summed E-state index contributed by atoms with van der Waals surface area (Å²) in [7, 11) is 0. The van der Waals surface area contributed by atoms with E-state index in [0.29, 0.717) is 6.54 Å². The molecule has 2 heterocycles. The first-order chi connectivity index (χ1) is 7.55. The second kappa shape index (κ2) is 5.55. The van der Waals surface area contributed by atoms with Crippen LogP contribution >= 0.6 is 12.4 Å². The summed E-state index contributed by atoms with van der Waals surface area (Å²) >= 11 is 0. The third kappa shape index (κ3) is 3.74. The molecule has 1 atom stereocenters. The van der Waals surface area contributed by atoms with Gasteiger partial charge in [-0.15, -0.1) is 12.4 Å². The summed E-state index contributed by atoms with van der Waals surface area (Å²) in [5.74, 6) is 0.238. The molecule has 0 aliphatic carbocycles. The third-order valence-electron chi connectivity index (χ3n) is 2.37. The number of nitrogens with one attached hydrogen (secondary N) is 1. The van der Waals surface area contributed by atoms with E-state index in [1.807, 2.05) is 0 Å². The molecular weight excluding hydrogens is 257 g/mol. The largest absolute Gasteiger partial charge is 0.473 e. The van der Waals surface area contributed by atoms with Gasteiger partial charge in [0, 0.05) is 18.8 Å². The van der Waals surface area contributed by atoms with Gasteiger partial charge in [0.15, 0.2) is 0 Å². The highest BCUT2D eigenvalue weighted by Crippen LogP contribution is 2.29. The maximum Gasteiger partial charge on any atom is 0.417 e. The minimum absolute atomic E-state index is 0. The first-order valence-electron chi connectivity index (χ1n) is 4.96. The molecule has 17 heavy (non-hydrogen) atoms. The summed E-state index contributed by atoms with van der Waals surface area (Å²) in [5.41, 5.74) is -0.760. The quantitative estimate of drug-likeness (QED) is 0.893. The fourth-order valence-corrected chi connectivity index (χ4v) is 1.52. The van der Waals surface area contributed by atoms with Crippen molar-refractivity contribution in [2.45, 2.75) is 18.7 Å². The molecule has 0 bridgehead atoms. The van der Waals surface area contributed by atoms with E-state index in [1.165, 1.54) is 6.07 Å². The summed E-state index contributed by atoms with van der Waals surface area (Å²) in [5, 5.41) is 3.10. The molecule has 0 saturated carbocycles. The van der Waals surface area contributed by atoms with Crippen LogP contribution in [0.5, 0.6) is 5.88 Å².